The Morgan fingerprint density at radius 1 is 0.846 bits per heavy atom. The van der Waals surface area contributed by atoms with Crippen LogP contribution >= 0.6 is 0 Å². The summed E-state index contributed by atoms with van der Waals surface area (Å²) >= 11 is 0. The first-order valence-electron chi connectivity index (χ1n) is 9.26. The minimum Gasteiger partial charge on any atom is -0.344 e. The molecule has 2 aromatic rings. The fourth-order valence-electron chi connectivity index (χ4n) is 2.86. The molecule has 0 aliphatic rings. The molecule has 0 saturated carbocycles. The van der Waals surface area contributed by atoms with Crippen molar-refractivity contribution in [2.24, 2.45) is 5.92 Å². The Morgan fingerprint density at radius 2 is 1.35 bits per heavy atom. The van der Waals surface area contributed by atoms with E-state index in [2.05, 4.69) is 10.6 Å². The lowest BCUT2D eigenvalue weighted by Gasteiger charge is -2.27. The predicted molar refractivity (Wildman–Crippen MR) is 105 cm³/mol. The van der Waals surface area contributed by atoms with Crippen molar-refractivity contribution < 1.29 is 9.59 Å². The highest BCUT2D eigenvalue weighted by Gasteiger charge is 2.28. The maximum Gasteiger partial charge on any atom is 0.243 e. The van der Waals surface area contributed by atoms with Gasteiger partial charge in [0.2, 0.25) is 11.8 Å². The van der Waals surface area contributed by atoms with Crippen LogP contribution in [0.1, 0.15) is 50.8 Å². The normalized spacial score (nSPS) is 13.1. The van der Waals surface area contributed by atoms with Crippen molar-refractivity contribution in [2.45, 2.75) is 45.7 Å². The van der Waals surface area contributed by atoms with Gasteiger partial charge in [-0.1, -0.05) is 87.9 Å². The quantitative estimate of drug-likeness (QED) is 0.758. The van der Waals surface area contributed by atoms with Crippen LogP contribution in [-0.2, 0) is 9.59 Å². The molecule has 0 heterocycles. The molecule has 0 spiro atoms. The summed E-state index contributed by atoms with van der Waals surface area (Å²) in [6.07, 6.45) is 1.17. The van der Waals surface area contributed by atoms with E-state index in [1.165, 1.54) is 0 Å². The predicted octanol–water partition coefficient (Wildman–Crippen LogP) is 3.83. The molecule has 2 amide bonds. The minimum absolute atomic E-state index is 0.0534. The second kappa shape index (κ2) is 9.76. The number of rotatable bonds is 8. The molecule has 0 aliphatic heterocycles. The van der Waals surface area contributed by atoms with Gasteiger partial charge in [0.1, 0.15) is 6.04 Å². The van der Waals surface area contributed by atoms with Crippen molar-refractivity contribution in [3.63, 3.8) is 0 Å². The van der Waals surface area contributed by atoms with Gasteiger partial charge in [-0.05, 0) is 17.0 Å². The van der Waals surface area contributed by atoms with E-state index in [1.54, 1.807) is 6.92 Å². The summed E-state index contributed by atoms with van der Waals surface area (Å²) in [5, 5.41) is 6.02. The van der Waals surface area contributed by atoms with Crippen molar-refractivity contribution >= 4 is 11.8 Å². The zero-order valence-corrected chi connectivity index (χ0v) is 15.7. The largest absolute Gasteiger partial charge is 0.344 e. The van der Waals surface area contributed by atoms with Crippen LogP contribution in [0.15, 0.2) is 60.7 Å². The van der Waals surface area contributed by atoms with Gasteiger partial charge in [0.15, 0.2) is 0 Å². The van der Waals surface area contributed by atoms with Crippen LogP contribution in [0.4, 0.5) is 0 Å². The van der Waals surface area contributed by atoms with Gasteiger partial charge in [0.25, 0.3) is 0 Å². The van der Waals surface area contributed by atoms with E-state index in [4.69, 9.17) is 0 Å². The van der Waals surface area contributed by atoms with Crippen molar-refractivity contribution in [2.75, 3.05) is 0 Å². The molecular weight excluding hydrogens is 324 g/mol. The van der Waals surface area contributed by atoms with E-state index in [9.17, 15) is 9.59 Å². The summed E-state index contributed by atoms with van der Waals surface area (Å²) in [4.78, 5) is 24.9. The van der Waals surface area contributed by atoms with E-state index in [0.29, 0.717) is 6.42 Å². The molecule has 4 heteroatoms. The molecule has 0 aromatic heterocycles. The summed E-state index contributed by atoms with van der Waals surface area (Å²) in [6, 6.07) is 19.0. The molecule has 26 heavy (non-hydrogen) atoms. The topological polar surface area (TPSA) is 58.2 Å². The zero-order valence-electron chi connectivity index (χ0n) is 15.7. The smallest absolute Gasteiger partial charge is 0.243 e. The summed E-state index contributed by atoms with van der Waals surface area (Å²) in [5.74, 6) is -0.210. The van der Waals surface area contributed by atoms with Gasteiger partial charge < -0.3 is 10.6 Å². The molecule has 0 bridgehead atoms. The Labute approximate surface area is 156 Å². The highest BCUT2D eigenvalue weighted by molar-refractivity contribution is 5.88. The van der Waals surface area contributed by atoms with Crippen molar-refractivity contribution in [3.8, 4) is 0 Å². The molecule has 0 aliphatic carbocycles. The Kier molecular flexibility index (Phi) is 7.39. The fraction of sp³-hybridized carbons (Fsp3) is 0.364. The average Bonchev–Trinajstić information content (AvgIpc) is 2.70. The zero-order chi connectivity index (χ0) is 18.9. The van der Waals surface area contributed by atoms with Gasteiger partial charge in [-0.2, -0.15) is 0 Å². The van der Waals surface area contributed by atoms with Crippen LogP contribution in [-0.4, -0.2) is 17.9 Å². The molecule has 0 fully saturated rings. The third kappa shape index (κ3) is 5.19. The Balaban J connectivity index is 2.28. The van der Waals surface area contributed by atoms with E-state index in [-0.39, 0.29) is 23.8 Å². The SMILES string of the molecule is CCC(=O)NC(C(=O)NC(c1ccccc1)c1ccccc1)C(C)CC. The molecule has 0 radical (unpaired) electrons. The van der Waals surface area contributed by atoms with Crippen LogP contribution < -0.4 is 10.6 Å². The molecule has 2 rings (SSSR count). The molecule has 2 atom stereocenters. The van der Waals surface area contributed by atoms with Crippen LogP contribution in [0.2, 0.25) is 0 Å². The van der Waals surface area contributed by atoms with Crippen molar-refractivity contribution in [3.05, 3.63) is 71.8 Å². The number of nitrogens with one attached hydrogen (secondary N) is 2. The molecule has 4 nitrogen and oxygen atoms in total. The number of hydrogen-bond acceptors (Lipinski definition) is 2. The number of benzene rings is 2. The van der Waals surface area contributed by atoms with E-state index >= 15 is 0 Å². The van der Waals surface area contributed by atoms with Crippen LogP contribution in [0.3, 0.4) is 0 Å². The van der Waals surface area contributed by atoms with Crippen LogP contribution in [0.5, 0.6) is 0 Å². The second-order valence-electron chi connectivity index (χ2n) is 6.55. The lowest BCUT2D eigenvalue weighted by atomic mass is 9.95. The second-order valence-corrected chi connectivity index (χ2v) is 6.55. The number of carbonyl (C=O) groups excluding carboxylic acids is 2. The van der Waals surface area contributed by atoms with E-state index in [0.717, 1.165) is 17.5 Å². The summed E-state index contributed by atoms with van der Waals surface area (Å²) in [7, 11) is 0. The van der Waals surface area contributed by atoms with Gasteiger partial charge in [0, 0.05) is 6.42 Å². The Bertz CT molecular complexity index is 661. The van der Waals surface area contributed by atoms with Gasteiger partial charge in [-0.3, -0.25) is 9.59 Å². The van der Waals surface area contributed by atoms with Gasteiger partial charge in [-0.15, -0.1) is 0 Å². The highest BCUT2D eigenvalue weighted by Crippen LogP contribution is 2.22. The molecular formula is C22H28N2O2. The van der Waals surface area contributed by atoms with Gasteiger partial charge in [-0.25, -0.2) is 0 Å². The molecule has 138 valence electrons. The minimum atomic E-state index is -0.539. The van der Waals surface area contributed by atoms with Crippen molar-refractivity contribution in [1.29, 1.82) is 0 Å². The number of hydrogen-bond donors (Lipinski definition) is 2. The van der Waals surface area contributed by atoms with Crippen LogP contribution in [0, 0.1) is 5.92 Å². The Hall–Kier alpha value is -2.62. The standard InChI is InChI=1S/C22H28N2O2/c1-4-16(3)20(23-19(25)5-2)22(26)24-21(17-12-8-6-9-13-17)18-14-10-7-11-15-18/h6-16,20-21H,4-5H2,1-3H3,(H,23,25)(H,24,26). The summed E-state index contributed by atoms with van der Waals surface area (Å²) in [6.45, 7) is 5.80. The highest BCUT2D eigenvalue weighted by atomic mass is 16.2. The molecule has 0 saturated heterocycles. The lowest BCUT2D eigenvalue weighted by Crippen LogP contribution is -2.50. The molecule has 2 N–H and O–H groups in total. The third-order valence-corrected chi connectivity index (χ3v) is 4.69. The Morgan fingerprint density at radius 3 is 1.77 bits per heavy atom. The maximum absolute atomic E-state index is 13.0. The maximum atomic E-state index is 13.0. The lowest BCUT2D eigenvalue weighted by molar-refractivity contribution is -0.130. The first kappa shape index (κ1) is 19.7. The average molecular weight is 352 g/mol. The van der Waals surface area contributed by atoms with Crippen molar-refractivity contribution in [1.82, 2.24) is 10.6 Å². The van der Waals surface area contributed by atoms with Gasteiger partial charge in [0.05, 0.1) is 6.04 Å². The monoisotopic (exact) mass is 352 g/mol. The number of carbonyl (C=O) groups is 2. The third-order valence-electron chi connectivity index (χ3n) is 4.69. The van der Waals surface area contributed by atoms with Gasteiger partial charge >= 0.3 is 0 Å². The fourth-order valence-corrected chi connectivity index (χ4v) is 2.86. The van der Waals surface area contributed by atoms with E-state index < -0.39 is 6.04 Å². The first-order chi connectivity index (χ1) is 12.6. The van der Waals surface area contributed by atoms with Crippen LogP contribution in [0.25, 0.3) is 0 Å². The summed E-state index contributed by atoms with van der Waals surface area (Å²) < 4.78 is 0. The summed E-state index contributed by atoms with van der Waals surface area (Å²) in [5.41, 5.74) is 2.02. The number of amides is 2. The molecule has 2 aromatic carbocycles. The first-order valence-corrected chi connectivity index (χ1v) is 9.26. The van der Waals surface area contributed by atoms with E-state index in [1.807, 2.05) is 74.5 Å². The molecule has 2 unspecified atom stereocenters.